The smallest absolute Gasteiger partial charge is 0.243 e. The van der Waals surface area contributed by atoms with Crippen molar-refractivity contribution in [2.75, 3.05) is 40.3 Å². The number of piperidine rings is 1. The number of carbonyl (C=O) groups excluding carboxylic acids is 1. The molecule has 0 unspecified atom stereocenters. The maximum Gasteiger partial charge on any atom is 0.243 e. The molecule has 2 aromatic rings. The molecule has 8 heteroatoms. The third-order valence-corrected chi connectivity index (χ3v) is 8.43. The summed E-state index contributed by atoms with van der Waals surface area (Å²) in [5.74, 6) is 0.708. The van der Waals surface area contributed by atoms with E-state index in [4.69, 9.17) is 4.74 Å². The molecule has 7 nitrogen and oxygen atoms in total. The summed E-state index contributed by atoms with van der Waals surface area (Å²) in [6, 6.07) is 16.6. The fourth-order valence-electron chi connectivity index (χ4n) is 4.63. The van der Waals surface area contributed by atoms with E-state index in [9.17, 15) is 13.2 Å². The Labute approximate surface area is 184 Å². The van der Waals surface area contributed by atoms with Crippen LogP contribution in [0.25, 0.3) is 0 Å². The molecular weight excluding hydrogens is 414 g/mol. The highest BCUT2D eigenvalue weighted by molar-refractivity contribution is 7.89. The molecule has 0 aliphatic carbocycles. The highest BCUT2D eigenvalue weighted by Crippen LogP contribution is 2.36. The normalized spacial score (nSPS) is 20.2. The zero-order valence-corrected chi connectivity index (χ0v) is 18.8. The van der Waals surface area contributed by atoms with E-state index < -0.39 is 15.6 Å². The largest absolute Gasteiger partial charge is 0.497 e. The third-order valence-electron chi connectivity index (χ3n) is 6.52. The number of rotatable bonds is 5. The van der Waals surface area contributed by atoms with Crippen LogP contribution in [0, 0.1) is 0 Å². The van der Waals surface area contributed by atoms with E-state index >= 15 is 0 Å². The molecule has 31 heavy (non-hydrogen) atoms. The van der Waals surface area contributed by atoms with Gasteiger partial charge in [-0.15, -0.1) is 0 Å². The van der Waals surface area contributed by atoms with Crippen molar-refractivity contribution in [3.05, 3.63) is 60.2 Å². The summed E-state index contributed by atoms with van der Waals surface area (Å²) in [5.41, 5.74) is 0.502. The van der Waals surface area contributed by atoms with Crippen molar-refractivity contribution >= 4 is 15.9 Å². The number of amides is 1. The first-order valence-corrected chi connectivity index (χ1v) is 12.0. The zero-order valence-electron chi connectivity index (χ0n) is 18.0. The SMILES string of the molecule is COc1ccc(S(=O)(=O)N2CCC3(CC2)C(=O)N(C)CCN3Cc2ccccc2)cc1. The zero-order chi connectivity index (χ0) is 22.1. The molecule has 2 saturated heterocycles. The first kappa shape index (κ1) is 21.8. The van der Waals surface area contributed by atoms with Gasteiger partial charge in [0.25, 0.3) is 0 Å². The Bertz CT molecular complexity index is 1020. The molecule has 0 aromatic heterocycles. The predicted octanol–water partition coefficient (Wildman–Crippen LogP) is 2.19. The summed E-state index contributed by atoms with van der Waals surface area (Å²) in [7, 11) is -0.229. The molecule has 2 aromatic carbocycles. The number of hydrogen-bond acceptors (Lipinski definition) is 5. The molecule has 2 aliphatic rings. The molecule has 2 aliphatic heterocycles. The number of hydrogen-bond donors (Lipinski definition) is 0. The number of ether oxygens (including phenoxy) is 1. The van der Waals surface area contributed by atoms with Gasteiger partial charge in [-0.3, -0.25) is 9.69 Å². The van der Waals surface area contributed by atoms with E-state index in [1.54, 1.807) is 36.3 Å². The minimum atomic E-state index is -3.62. The molecule has 2 fully saturated rings. The van der Waals surface area contributed by atoms with E-state index in [1.165, 1.54) is 4.31 Å². The minimum Gasteiger partial charge on any atom is -0.497 e. The van der Waals surface area contributed by atoms with Gasteiger partial charge in [0, 0.05) is 39.8 Å². The van der Waals surface area contributed by atoms with E-state index in [2.05, 4.69) is 17.0 Å². The van der Waals surface area contributed by atoms with Crippen LogP contribution in [0.5, 0.6) is 5.75 Å². The fourth-order valence-corrected chi connectivity index (χ4v) is 6.08. The molecule has 1 spiro atoms. The molecule has 0 N–H and O–H groups in total. The molecule has 0 bridgehead atoms. The number of benzene rings is 2. The van der Waals surface area contributed by atoms with Crippen molar-refractivity contribution in [1.29, 1.82) is 0 Å². The Morgan fingerprint density at radius 2 is 1.58 bits per heavy atom. The summed E-state index contributed by atoms with van der Waals surface area (Å²) >= 11 is 0. The van der Waals surface area contributed by atoms with Gasteiger partial charge < -0.3 is 9.64 Å². The van der Waals surface area contributed by atoms with Crippen LogP contribution in [0.2, 0.25) is 0 Å². The lowest BCUT2D eigenvalue weighted by Crippen LogP contribution is -2.68. The van der Waals surface area contributed by atoms with Crippen LogP contribution in [0.4, 0.5) is 0 Å². The van der Waals surface area contributed by atoms with Gasteiger partial charge in [0.1, 0.15) is 11.3 Å². The Morgan fingerprint density at radius 3 is 2.19 bits per heavy atom. The molecule has 0 radical (unpaired) electrons. The molecular formula is C23H29N3O4S. The molecule has 2 heterocycles. The number of piperazine rings is 1. The Hall–Kier alpha value is -2.42. The standard InChI is InChI=1S/C23H29N3O4S/c1-24-16-17-25(18-19-6-4-3-5-7-19)23(22(24)27)12-14-26(15-13-23)31(28,29)21-10-8-20(30-2)9-11-21/h3-11H,12-18H2,1-2H3. The molecule has 166 valence electrons. The average Bonchev–Trinajstić information content (AvgIpc) is 2.81. The van der Waals surface area contributed by atoms with E-state index in [1.807, 2.05) is 25.2 Å². The topological polar surface area (TPSA) is 70.2 Å². The maximum absolute atomic E-state index is 13.3. The Kier molecular flexibility index (Phi) is 6.05. The van der Waals surface area contributed by atoms with Gasteiger partial charge in [-0.05, 0) is 42.7 Å². The summed E-state index contributed by atoms with van der Waals surface area (Å²) in [6.07, 6.45) is 0.969. The predicted molar refractivity (Wildman–Crippen MR) is 118 cm³/mol. The molecule has 0 atom stereocenters. The lowest BCUT2D eigenvalue weighted by molar-refractivity contribution is -0.154. The second kappa shape index (κ2) is 8.61. The average molecular weight is 444 g/mol. The number of sulfonamides is 1. The van der Waals surface area contributed by atoms with Crippen LogP contribution in [0.1, 0.15) is 18.4 Å². The van der Waals surface area contributed by atoms with Gasteiger partial charge in [0.05, 0.1) is 12.0 Å². The number of nitrogens with zero attached hydrogens (tertiary/aromatic N) is 3. The van der Waals surface area contributed by atoms with Crippen molar-refractivity contribution < 1.29 is 17.9 Å². The van der Waals surface area contributed by atoms with Crippen LogP contribution < -0.4 is 4.74 Å². The van der Waals surface area contributed by atoms with Gasteiger partial charge in [-0.25, -0.2) is 8.42 Å². The van der Waals surface area contributed by atoms with Crippen LogP contribution >= 0.6 is 0 Å². The van der Waals surface area contributed by atoms with Crippen molar-refractivity contribution in [3.63, 3.8) is 0 Å². The maximum atomic E-state index is 13.3. The van der Waals surface area contributed by atoms with E-state index in [-0.39, 0.29) is 10.8 Å². The van der Waals surface area contributed by atoms with Gasteiger partial charge >= 0.3 is 0 Å². The molecule has 4 rings (SSSR count). The van der Waals surface area contributed by atoms with Crippen molar-refractivity contribution in [1.82, 2.24) is 14.1 Å². The van der Waals surface area contributed by atoms with Crippen LogP contribution in [-0.4, -0.2) is 74.3 Å². The summed E-state index contributed by atoms with van der Waals surface area (Å²) in [6.45, 7) is 2.79. The van der Waals surface area contributed by atoms with Crippen molar-refractivity contribution in [3.8, 4) is 5.75 Å². The van der Waals surface area contributed by atoms with Crippen LogP contribution in [0.3, 0.4) is 0 Å². The number of carbonyl (C=O) groups is 1. The molecule has 0 saturated carbocycles. The van der Waals surface area contributed by atoms with Gasteiger partial charge in [0.15, 0.2) is 0 Å². The molecule has 1 amide bonds. The van der Waals surface area contributed by atoms with E-state index in [0.717, 1.165) is 12.1 Å². The number of methoxy groups -OCH3 is 1. The summed E-state index contributed by atoms with van der Waals surface area (Å²) in [5, 5.41) is 0. The van der Waals surface area contributed by atoms with Crippen molar-refractivity contribution in [2.45, 2.75) is 29.8 Å². The van der Waals surface area contributed by atoms with Gasteiger partial charge in [-0.1, -0.05) is 30.3 Å². The highest BCUT2D eigenvalue weighted by atomic mass is 32.2. The highest BCUT2D eigenvalue weighted by Gasteiger charge is 2.51. The fraction of sp³-hybridized carbons (Fsp3) is 0.435. The lowest BCUT2D eigenvalue weighted by atomic mass is 9.83. The lowest BCUT2D eigenvalue weighted by Gasteiger charge is -2.52. The first-order chi connectivity index (χ1) is 14.9. The quantitative estimate of drug-likeness (QED) is 0.709. The van der Waals surface area contributed by atoms with Crippen molar-refractivity contribution in [2.24, 2.45) is 0 Å². The van der Waals surface area contributed by atoms with Crippen LogP contribution in [-0.2, 0) is 21.4 Å². The number of likely N-dealkylation sites (N-methyl/N-ethyl adjacent to an activating group) is 1. The Morgan fingerprint density at radius 1 is 0.935 bits per heavy atom. The summed E-state index contributed by atoms with van der Waals surface area (Å²) in [4.78, 5) is 17.6. The van der Waals surface area contributed by atoms with Crippen LogP contribution in [0.15, 0.2) is 59.5 Å². The Balaban J connectivity index is 1.54. The first-order valence-electron chi connectivity index (χ1n) is 10.6. The monoisotopic (exact) mass is 443 g/mol. The summed E-state index contributed by atoms with van der Waals surface area (Å²) < 4.78 is 32.9. The van der Waals surface area contributed by atoms with Gasteiger partial charge in [0.2, 0.25) is 15.9 Å². The second-order valence-corrected chi connectivity index (χ2v) is 10.2. The van der Waals surface area contributed by atoms with Gasteiger partial charge in [-0.2, -0.15) is 4.31 Å². The minimum absolute atomic E-state index is 0.0937. The van der Waals surface area contributed by atoms with E-state index in [0.29, 0.717) is 44.8 Å². The third kappa shape index (κ3) is 4.07. The second-order valence-electron chi connectivity index (χ2n) is 8.25.